The van der Waals surface area contributed by atoms with E-state index >= 15 is 0 Å². The molecule has 1 rings (SSSR count). The third kappa shape index (κ3) is 3.96. The predicted molar refractivity (Wildman–Crippen MR) is 66.9 cm³/mol. The van der Waals surface area contributed by atoms with Crippen molar-refractivity contribution < 1.29 is 9.59 Å². The van der Waals surface area contributed by atoms with Crippen molar-refractivity contribution in [1.82, 2.24) is 10.6 Å². The quantitative estimate of drug-likeness (QED) is 0.696. The molecule has 0 atom stereocenters. The Kier molecular flexibility index (Phi) is 4.78. The number of rotatable bonds is 4. The Morgan fingerprint density at radius 2 is 2.12 bits per heavy atom. The summed E-state index contributed by atoms with van der Waals surface area (Å²) in [6, 6.07) is 4.63. The van der Waals surface area contributed by atoms with E-state index in [4.69, 9.17) is 17.3 Å². The van der Waals surface area contributed by atoms with Crippen LogP contribution in [-0.4, -0.2) is 25.4 Å². The maximum atomic E-state index is 11.6. The number of carbonyl (C=O) groups is 2. The summed E-state index contributed by atoms with van der Waals surface area (Å²) >= 11 is 5.74. The van der Waals surface area contributed by atoms with E-state index in [1.165, 1.54) is 6.07 Å². The van der Waals surface area contributed by atoms with Crippen molar-refractivity contribution >= 4 is 29.1 Å². The van der Waals surface area contributed by atoms with Gasteiger partial charge in [-0.05, 0) is 18.2 Å². The van der Waals surface area contributed by atoms with Gasteiger partial charge in [-0.1, -0.05) is 11.6 Å². The molecule has 0 spiro atoms. The minimum Gasteiger partial charge on any atom is -0.398 e. The third-order valence-electron chi connectivity index (χ3n) is 2.17. The van der Waals surface area contributed by atoms with Crippen molar-refractivity contribution in [3.63, 3.8) is 0 Å². The zero-order valence-electron chi connectivity index (χ0n) is 9.42. The molecular formula is C11H14ClN3O2. The van der Waals surface area contributed by atoms with Gasteiger partial charge in [0.2, 0.25) is 5.91 Å². The number of hydrogen-bond donors (Lipinski definition) is 3. The first-order valence-corrected chi connectivity index (χ1v) is 5.46. The van der Waals surface area contributed by atoms with Gasteiger partial charge in [0.1, 0.15) is 0 Å². The Morgan fingerprint density at radius 1 is 1.41 bits per heavy atom. The molecule has 0 bridgehead atoms. The molecule has 17 heavy (non-hydrogen) atoms. The van der Waals surface area contributed by atoms with Crippen LogP contribution in [0.5, 0.6) is 0 Å². The number of hydrogen-bond acceptors (Lipinski definition) is 3. The Hall–Kier alpha value is -1.75. The lowest BCUT2D eigenvalue weighted by Gasteiger charge is -2.06. The zero-order valence-corrected chi connectivity index (χ0v) is 10.2. The minimum atomic E-state index is -0.280. The molecule has 0 heterocycles. The maximum Gasteiger partial charge on any atom is 0.251 e. The number of nitrogens with one attached hydrogen (secondary N) is 2. The summed E-state index contributed by atoms with van der Waals surface area (Å²) in [5.41, 5.74) is 6.35. The number of halogens is 1. The number of anilines is 1. The van der Waals surface area contributed by atoms with Gasteiger partial charge in [-0.2, -0.15) is 0 Å². The van der Waals surface area contributed by atoms with Gasteiger partial charge in [-0.15, -0.1) is 0 Å². The van der Waals surface area contributed by atoms with Crippen LogP contribution in [0, 0.1) is 0 Å². The van der Waals surface area contributed by atoms with Crippen LogP contribution in [0.25, 0.3) is 0 Å². The van der Waals surface area contributed by atoms with E-state index in [2.05, 4.69) is 10.6 Å². The average molecular weight is 256 g/mol. The zero-order chi connectivity index (χ0) is 12.8. The summed E-state index contributed by atoms with van der Waals surface area (Å²) in [4.78, 5) is 22.6. The van der Waals surface area contributed by atoms with Crippen molar-refractivity contribution in [3.05, 3.63) is 28.8 Å². The molecule has 0 aromatic heterocycles. The lowest BCUT2D eigenvalue weighted by molar-refractivity contribution is -0.120. The molecule has 0 aliphatic rings. The fourth-order valence-corrected chi connectivity index (χ4v) is 1.32. The molecule has 0 radical (unpaired) electrons. The highest BCUT2D eigenvalue weighted by atomic mass is 35.5. The Bertz CT molecular complexity index is 435. The van der Waals surface area contributed by atoms with Crippen LogP contribution in [0.2, 0.25) is 5.02 Å². The first-order valence-electron chi connectivity index (χ1n) is 5.08. The molecule has 0 saturated heterocycles. The SMILES string of the molecule is CNC(=O)CCNC(=O)c1ccc(Cl)c(N)c1. The van der Waals surface area contributed by atoms with E-state index in [0.717, 1.165) is 0 Å². The molecule has 0 aliphatic heterocycles. The molecule has 1 aromatic carbocycles. The smallest absolute Gasteiger partial charge is 0.251 e. The molecule has 0 fully saturated rings. The van der Waals surface area contributed by atoms with Gasteiger partial charge < -0.3 is 16.4 Å². The number of nitrogens with two attached hydrogens (primary N) is 1. The van der Waals surface area contributed by atoms with E-state index in [1.807, 2.05) is 0 Å². The van der Waals surface area contributed by atoms with E-state index in [9.17, 15) is 9.59 Å². The molecule has 0 aliphatic carbocycles. The van der Waals surface area contributed by atoms with E-state index in [1.54, 1.807) is 19.2 Å². The number of nitrogen functional groups attached to an aromatic ring is 1. The summed E-state index contributed by atoms with van der Waals surface area (Å²) < 4.78 is 0. The van der Waals surface area contributed by atoms with Gasteiger partial charge in [0, 0.05) is 25.6 Å². The standard InChI is InChI=1S/C11H14ClN3O2/c1-14-10(16)4-5-15-11(17)7-2-3-8(12)9(13)6-7/h2-3,6H,4-5,13H2,1H3,(H,14,16)(H,15,17). The van der Waals surface area contributed by atoms with Gasteiger partial charge in [0.15, 0.2) is 0 Å². The normalized spacial score (nSPS) is 9.76. The molecule has 0 unspecified atom stereocenters. The summed E-state index contributed by atoms with van der Waals surface area (Å²) in [5.74, 6) is -0.404. The second-order valence-electron chi connectivity index (χ2n) is 3.42. The van der Waals surface area contributed by atoms with Crippen LogP contribution in [0.1, 0.15) is 16.8 Å². The summed E-state index contributed by atoms with van der Waals surface area (Å²) in [5, 5.41) is 5.49. The highest BCUT2D eigenvalue weighted by Gasteiger charge is 2.07. The lowest BCUT2D eigenvalue weighted by atomic mass is 10.2. The van der Waals surface area contributed by atoms with Crippen molar-refractivity contribution in [2.75, 3.05) is 19.3 Å². The number of amides is 2. The van der Waals surface area contributed by atoms with E-state index in [0.29, 0.717) is 16.3 Å². The predicted octanol–water partition coefficient (Wildman–Crippen LogP) is 0.788. The molecule has 0 saturated carbocycles. The highest BCUT2D eigenvalue weighted by molar-refractivity contribution is 6.33. The van der Waals surface area contributed by atoms with Crippen molar-refractivity contribution in [1.29, 1.82) is 0 Å². The number of carbonyl (C=O) groups excluding carboxylic acids is 2. The third-order valence-corrected chi connectivity index (χ3v) is 2.52. The van der Waals surface area contributed by atoms with Crippen LogP contribution in [0.15, 0.2) is 18.2 Å². The lowest BCUT2D eigenvalue weighted by Crippen LogP contribution is -2.29. The maximum absolute atomic E-state index is 11.6. The van der Waals surface area contributed by atoms with Crippen LogP contribution in [0.4, 0.5) is 5.69 Å². The van der Waals surface area contributed by atoms with Crippen molar-refractivity contribution in [2.45, 2.75) is 6.42 Å². The average Bonchev–Trinajstić information content (AvgIpc) is 2.32. The first-order chi connectivity index (χ1) is 8.04. The monoisotopic (exact) mass is 255 g/mol. The van der Waals surface area contributed by atoms with Crippen LogP contribution in [-0.2, 0) is 4.79 Å². The van der Waals surface area contributed by atoms with Crippen LogP contribution < -0.4 is 16.4 Å². The van der Waals surface area contributed by atoms with Gasteiger partial charge in [-0.25, -0.2) is 0 Å². The second-order valence-corrected chi connectivity index (χ2v) is 3.82. The van der Waals surface area contributed by atoms with Crippen LogP contribution in [0.3, 0.4) is 0 Å². The highest BCUT2D eigenvalue weighted by Crippen LogP contribution is 2.19. The fraction of sp³-hybridized carbons (Fsp3) is 0.273. The van der Waals surface area contributed by atoms with E-state index < -0.39 is 0 Å². The van der Waals surface area contributed by atoms with Gasteiger partial charge >= 0.3 is 0 Å². The molecular weight excluding hydrogens is 242 g/mol. The first kappa shape index (κ1) is 13.3. The van der Waals surface area contributed by atoms with Crippen molar-refractivity contribution in [2.24, 2.45) is 0 Å². The summed E-state index contributed by atoms with van der Waals surface area (Å²) in [7, 11) is 1.55. The second kappa shape index (κ2) is 6.10. The minimum absolute atomic E-state index is 0.124. The molecule has 4 N–H and O–H groups in total. The van der Waals surface area contributed by atoms with Gasteiger partial charge in [0.25, 0.3) is 5.91 Å². The summed E-state index contributed by atoms with van der Waals surface area (Å²) in [6.45, 7) is 0.279. The largest absolute Gasteiger partial charge is 0.398 e. The molecule has 2 amide bonds. The Labute approximate surface area is 104 Å². The Balaban J connectivity index is 2.52. The summed E-state index contributed by atoms with van der Waals surface area (Å²) in [6.07, 6.45) is 0.241. The Morgan fingerprint density at radius 3 is 2.71 bits per heavy atom. The van der Waals surface area contributed by atoms with Gasteiger partial charge in [-0.3, -0.25) is 9.59 Å². The van der Waals surface area contributed by atoms with Gasteiger partial charge in [0.05, 0.1) is 10.7 Å². The molecule has 1 aromatic rings. The van der Waals surface area contributed by atoms with Crippen LogP contribution >= 0.6 is 11.6 Å². The van der Waals surface area contributed by atoms with E-state index in [-0.39, 0.29) is 24.8 Å². The fourth-order valence-electron chi connectivity index (χ4n) is 1.20. The van der Waals surface area contributed by atoms with Crippen molar-refractivity contribution in [3.8, 4) is 0 Å². The molecule has 6 heteroatoms. The number of benzene rings is 1. The topological polar surface area (TPSA) is 84.2 Å². The molecule has 5 nitrogen and oxygen atoms in total. The molecule has 92 valence electrons.